The van der Waals surface area contributed by atoms with Crippen molar-refractivity contribution in [3.63, 3.8) is 0 Å². The number of nitrogens with two attached hydrogens (primary N) is 1. The molecule has 0 saturated carbocycles. The Morgan fingerprint density at radius 1 is 0.698 bits per heavy atom. The zero-order chi connectivity index (χ0) is 32.2. The maximum absolute atomic E-state index is 12.4. The molecule has 0 spiro atoms. The van der Waals surface area contributed by atoms with Gasteiger partial charge in [0.25, 0.3) is 0 Å². The van der Waals surface area contributed by atoms with Gasteiger partial charge in [-0.2, -0.15) is 0 Å². The number of unbranched alkanes of at least 4 members (excludes halogenated alkanes) is 14. The van der Waals surface area contributed by atoms with E-state index in [0.717, 1.165) is 57.8 Å². The molecule has 43 heavy (non-hydrogen) atoms. The summed E-state index contributed by atoms with van der Waals surface area (Å²) in [5, 5.41) is 8.80. The van der Waals surface area contributed by atoms with Gasteiger partial charge in [-0.05, 0) is 32.1 Å². The molecule has 252 valence electrons. The van der Waals surface area contributed by atoms with Crippen molar-refractivity contribution < 1.29 is 47.5 Å². The summed E-state index contributed by atoms with van der Waals surface area (Å²) in [5.74, 6) is -2.40. The van der Waals surface area contributed by atoms with Gasteiger partial charge in [-0.25, -0.2) is 4.57 Å². The molecule has 4 N–H and O–H groups in total. The zero-order valence-corrected chi connectivity index (χ0v) is 27.4. The van der Waals surface area contributed by atoms with Crippen LogP contribution in [-0.2, 0) is 37.5 Å². The topological polar surface area (TPSA) is 172 Å². The second-order valence-corrected chi connectivity index (χ2v) is 12.4. The monoisotopic (exact) mass is 635 g/mol. The van der Waals surface area contributed by atoms with Gasteiger partial charge < -0.3 is 25.2 Å². The molecule has 0 heterocycles. The Bertz CT molecular complexity index is 807. The van der Waals surface area contributed by atoms with E-state index in [1.54, 1.807) is 0 Å². The SMILES string of the molecule is CCCC/C=C/CCCCCCCC(=O)OC[C@H](COP(=O)(O)OC[C@H](N)C(=O)O)OC(=O)CCCCCCCCCC. The number of phosphoric ester groups is 1. The lowest BCUT2D eigenvalue weighted by atomic mass is 10.1. The van der Waals surface area contributed by atoms with Gasteiger partial charge in [0, 0.05) is 12.8 Å². The average Bonchev–Trinajstić information content (AvgIpc) is 2.97. The maximum Gasteiger partial charge on any atom is 0.472 e. The van der Waals surface area contributed by atoms with Crippen LogP contribution in [0.3, 0.4) is 0 Å². The molecule has 0 rings (SSSR count). The van der Waals surface area contributed by atoms with Crippen molar-refractivity contribution in [1.29, 1.82) is 0 Å². The highest BCUT2D eigenvalue weighted by atomic mass is 31.2. The van der Waals surface area contributed by atoms with Gasteiger partial charge in [-0.1, -0.05) is 103 Å². The first-order valence-corrected chi connectivity index (χ1v) is 17.7. The Morgan fingerprint density at radius 2 is 1.19 bits per heavy atom. The van der Waals surface area contributed by atoms with E-state index in [-0.39, 0.29) is 19.4 Å². The quantitative estimate of drug-likeness (QED) is 0.0321. The highest BCUT2D eigenvalue weighted by Crippen LogP contribution is 2.43. The molecule has 3 atom stereocenters. The van der Waals surface area contributed by atoms with Crippen molar-refractivity contribution in [2.75, 3.05) is 19.8 Å². The number of carboxylic acid groups (broad SMARTS) is 1. The van der Waals surface area contributed by atoms with Crippen LogP contribution in [0.1, 0.15) is 136 Å². The molecular weight excluding hydrogens is 577 g/mol. The summed E-state index contributed by atoms with van der Waals surface area (Å²) < 4.78 is 32.3. The van der Waals surface area contributed by atoms with Crippen molar-refractivity contribution >= 4 is 25.7 Å². The fraction of sp³-hybridized carbons (Fsp3) is 0.839. The first-order valence-electron chi connectivity index (χ1n) is 16.2. The van der Waals surface area contributed by atoms with Gasteiger partial charge in [-0.3, -0.25) is 23.4 Å². The normalized spacial score (nSPS) is 14.3. The van der Waals surface area contributed by atoms with E-state index in [2.05, 4.69) is 30.5 Å². The molecular formula is C31H58NO10P. The smallest absolute Gasteiger partial charge is 0.472 e. The van der Waals surface area contributed by atoms with Crippen LogP contribution in [0.2, 0.25) is 0 Å². The number of carbonyl (C=O) groups excluding carboxylic acids is 2. The first kappa shape index (κ1) is 41.2. The highest BCUT2D eigenvalue weighted by Gasteiger charge is 2.28. The minimum atomic E-state index is -4.69. The number of carbonyl (C=O) groups is 3. The zero-order valence-electron chi connectivity index (χ0n) is 26.6. The number of phosphoric acid groups is 1. The van der Waals surface area contributed by atoms with Crippen LogP contribution in [0.25, 0.3) is 0 Å². The molecule has 1 unspecified atom stereocenters. The number of ether oxygens (including phenoxy) is 2. The predicted molar refractivity (Wildman–Crippen MR) is 166 cm³/mol. The summed E-state index contributed by atoms with van der Waals surface area (Å²) in [4.78, 5) is 45.3. The standard InChI is InChI=1S/C31H58NO10P/c1-3-5-7-9-11-13-14-15-17-18-20-22-29(33)39-24-27(25-40-43(37,38)41-26-28(32)31(35)36)42-30(34)23-21-19-16-12-10-8-6-4-2/h9,11,27-28H,3-8,10,12-26,32H2,1-2H3,(H,35,36)(H,37,38)/b11-9+/t27-,28+/m1/s1. The summed E-state index contributed by atoms with van der Waals surface area (Å²) >= 11 is 0. The Labute approximate surface area is 258 Å². The van der Waals surface area contributed by atoms with Crippen LogP contribution in [0.5, 0.6) is 0 Å². The Kier molecular flexibility index (Phi) is 26.6. The number of hydrogen-bond donors (Lipinski definition) is 3. The molecule has 0 aromatic carbocycles. The molecule has 0 fully saturated rings. The lowest BCUT2D eigenvalue weighted by Crippen LogP contribution is -2.34. The molecule has 0 aromatic heterocycles. The van der Waals surface area contributed by atoms with E-state index in [1.807, 2.05) is 0 Å². The lowest BCUT2D eigenvalue weighted by molar-refractivity contribution is -0.161. The summed E-state index contributed by atoms with van der Waals surface area (Å²) in [5.41, 5.74) is 5.28. The summed E-state index contributed by atoms with van der Waals surface area (Å²) in [6.45, 7) is 2.67. The average molecular weight is 636 g/mol. The Morgan fingerprint density at radius 3 is 1.77 bits per heavy atom. The minimum absolute atomic E-state index is 0.161. The predicted octanol–water partition coefficient (Wildman–Crippen LogP) is 6.99. The number of esters is 2. The lowest BCUT2D eigenvalue weighted by Gasteiger charge is -2.20. The van der Waals surface area contributed by atoms with Gasteiger partial charge >= 0.3 is 25.7 Å². The highest BCUT2D eigenvalue weighted by molar-refractivity contribution is 7.47. The van der Waals surface area contributed by atoms with Gasteiger partial charge in [0.1, 0.15) is 12.6 Å². The van der Waals surface area contributed by atoms with Crippen molar-refractivity contribution in [2.24, 2.45) is 5.73 Å². The molecule has 0 radical (unpaired) electrons. The second-order valence-electron chi connectivity index (χ2n) is 10.9. The minimum Gasteiger partial charge on any atom is -0.480 e. The van der Waals surface area contributed by atoms with Crippen LogP contribution < -0.4 is 5.73 Å². The van der Waals surface area contributed by atoms with Crippen LogP contribution >= 0.6 is 7.82 Å². The van der Waals surface area contributed by atoms with Crippen LogP contribution in [-0.4, -0.2) is 59.9 Å². The van der Waals surface area contributed by atoms with Crippen molar-refractivity contribution in [1.82, 2.24) is 0 Å². The Balaban J connectivity index is 4.53. The molecule has 12 heteroatoms. The summed E-state index contributed by atoms with van der Waals surface area (Å²) in [6, 6.07) is -1.52. The molecule has 0 aliphatic heterocycles. The third kappa shape index (κ3) is 27.5. The Hall–Kier alpha value is -1.78. The molecule has 0 amide bonds. The van der Waals surface area contributed by atoms with Crippen LogP contribution in [0.4, 0.5) is 0 Å². The fourth-order valence-corrected chi connectivity index (χ4v) is 4.88. The van der Waals surface area contributed by atoms with Crippen LogP contribution in [0, 0.1) is 0 Å². The number of rotatable bonds is 30. The van der Waals surface area contributed by atoms with E-state index in [0.29, 0.717) is 12.8 Å². The van der Waals surface area contributed by atoms with E-state index >= 15 is 0 Å². The van der Waals surface area contributed by atoms with Crippen molar-refractivity contribution in [3.8, 4) is 0 Å². The maximum atomic E-state index is 12.4. The number of carboxylic acids is 1. The van der Waals surface area contributed by atoms with Gasteiger partial charge in [0.05, 0.1) is 13.2 Å². The van der Waals surface area contributed by atoms with E-state index in [1.165, 1.54) is 38.5 Å². The molecule has 0 aromatic rings. The number of hydrogen-bond acceptors (Lipinski definition) is 9. The summed E-state index contributed by atoms with van der Waals surface area (Å²) in [6.07, 6.45) is 21.7. The summed E-state index contributed by atoms with van der Waals surface area (Å²) in [7, 11) is -4.69. The third-order valence-corrected chi connectivity index (χ3v) is 7.71. The van der Waals surface area contributed by atoms with Gasteiger partial charge in [0.15, 0.2) is 6.10 Å². The number of allylic oxidation sites excluding steroid dienone is 2. The number of aliphatic carboxylic acids is 1. The molecule has 0 saturated heterocycles. The van der Waals surface area contributed by atoms with E-state index < -0.39 is 51.1 Å². The van der Waals surface area contributed by atoms with E-state index in [4.69, 9.17) is 24.8 Å². The van der Waals surface area contributed by atoms with Gasteiger partial charge in [-0.15, -0.1) is 0 Å². The molecule has 11 nitrogen and oxygen atoms in total. The molecule has 0 bridgehead atoms. The fourth-order valence-electron chi connectivity index (χ4n) is 4.10. The van der Waals surface area contributed by atoms with Crippen LogP contribution in [0.15, 0.2) is 12.2 Å². The van der Waals surface area contributed by atoms with E-state index in [9.17, 15) is 23.8 Å². The largest absolute Gasteiger partial charge is 0.480 e. The molecule has 0 aliphatic carbocycles. The van der Waals surface area contributed by atoms with Gasteiger partial charge in [0.2, 0.25) is 0 Å². The second kappa shape index (κ2) is 27.7. The third-order valence-electron chi connectivity index (χ3n) is 6.76. The van der Waals surface area contributed by atoms with Crippen molar-refractivity contribution in [2.45, 2.75) is 148 Å². The molecule has 0 aliphatic rings. The van der Waals surface area contributed by atoms with Crippen molar-refractivity contribution in [3.05, 3.63) is 12.2 Å². The first-order chi connectivity index (χ1) is 20.6.